The van der Waals surface area contributed by atoms with Crippen molar-refractivity contribution in [1.82, 2.24) is 9.88 Å². The molecule has 0 spiro atoms. The Morgan fingerprint density at radius 1 is 1.18 bits per heavy atom. The number of carbonyl (C=O) groups is 2. The summed E-state index contributed by atoms with van der Waals surface area (Å²) >= 11 is 6.08. The highest BCUT2D eigenvalue weighted by molar-refractivity contribution is 6.46. The molecule has 0 bridgehead atoms. The molecule has 8 heteroatoms. The second-order valence-corrected chi connectivity index (χ2v) is 8.73. The number of likely N-dealkylation sites (N-methyl/N-ethyl adjacent to an activating group) is 1. The molecule has 2 aliphatic rings. The fraction of sp³-hybridized carbons (Fsp3) is 0.192. The molecule has 1 unspecified atom stereocenters. The highest BCUT2D eigenvalue weighted by Gasteiger charge is 2.46. The van der Waals surface area contributed by atoms with Crippen molar-refractivity contribution in [3.8, 4) is 5.75 Å². The zero-order valence-corrected chi connectivity index (χ0v) is 19.2. The van der Waals surface area contributed by atoms with Gasteiger partial charge in [-0.25, -0.2) is 0 Å². The van der Waals surface area contributed by atoms with Crippen LogP contribution in [0.5, 0.6) is 5.75 Å². The fourth-order valence-electron chi connectivity index (χ4n) is 4.38. The summed E-state index contributed by atoms with van der Waals surface area (Å²) in [6.45, 7) is 1.45. The van der Waals surface area contributed by atoms with Crippen LogP contribution < -0.4 is 9.64 Å². The van der Waals surface area contributed by atoms with Crippen molar-refractivity contribution >= 4 is 34.7 Å². The van der Waals surface area contributed by atoms with Crippen LogP contribution >= 0.6 is 11.6 Å². The summed E-state index contributed by atoms with van der Waals surface area (Å²) in [6, 6.07) is 15.0. The van der Waals surface area contributed by atoms with Crippen LogP contribution in [0.2, 0.25) is 5.02 Å². The van der Waals surface area contributed by atoms with Gasteiger partial charge in [-0.15, -0.1) is 0 Å². The van der Waals surface area contributed by atoms with Crippen LogP contribution in [0.1, 0.15) is 22.7 Å². The number of ketones is 1. The minimum absolute atomic E-state index is 0.0375. The van der Waals surface area contributed by atoms with Crippen LogP contribution in [0.3, 0.4) is 0 Å². The molecule has 1 atom stereocenters. The molecule has 2 aliphatic heterocycles. The highest BCUT2D eigenvalue weighted by Crippen LogP contribution is 2.42. The van der Waals surface area contributed by atoms with Crippen molar-refractivity contribution in [2.45, 2.75) is 12.6 Å². The minimum Gasteiger partial charge on any atom is -0.507 e. The van der Waals surface area contributed by atoms with E-state index in [1.165, 1.54) is 4.90 Å². The van der Waals surface area contributed by atoms with Crippen molar-refractivity contribution in [3.05, 3.63) is 94.3 Å². The van der Waals surface area contributed by atoms with Gasteiger partial charge in [0.2, 0.25) is 0 Å². The molecular weight excluding hydrogens is 454 g/mol. The largest absolute Gasteiger partial charge is 0.507 e. The number of benzene rings is 2. The lowest BCUT2D eigenvalue weighted by Gasteiger charge is -2.28. The molecule has 2 aromatic carbocycles. The van der Waals surface area contributed by atoms with Gasteiger partial charge in [0.05, 0.1) is 23.8 Å². The molecule has 0 saturated carbocycles. The van der Waals surface area contributed by atoms with Gasteiger partial charge in [0.1, 0.15) is 18.1 Å². The van der Waals surface area contributed by atoms with Crippen molar-refractivity contribution in [2.24, 2.45) is 0 Å². The molecule has 3 aromatic rings. The van der Waals surface area contributed by atoms with Gasteiger partial charge < -0.3 is 19.6 Å². The number of aromatic nitrogens is 1. The zero-order chi connectivity index (χ0) is 23.8. The van der Waals surface area contributed by atoms with Crippen LogP contribution in [0.15, 0.2) is 72.6 Å². The zero-order valence-electron chi connectivity index (χ0n) is 18.4. The maximum atomic E-state index is 13.2. The molecule has 34 heavy (non-hydrogen) atoms. The Balaban J connectivity index is 1.64. The van der Waals surface area contributed by atoms with E-state index >= 15 is 0 Å². The monoisotopic (exact) mass is 475 g/mol. The molecule has 1 fully saturated rings. The van der Waals surface area contributed by atoms with Crippen molar-refractivity contribution in [3.63, 3.8) is 0 Å². The quantitative estimate of drug-likeness (QED) is 0.346. The Labute approximate surface area is 201 Å². The van der Waals surface area contributed by atoms with Crippen LogP contribution in [0.25, 0.3) is 5.76 Å². The molecule has 7 nitrogen and oxygen atoms in total. The van der Waals surface area contributed by atoms with Crippen molar-refractivity contribution in [1.29, 1.82) is 0 Å². The topological polar surface area (TPSA) is 83.0 Å². The van der Waals surface area contributed by atoms with E-state index in [4.69, 9.17) is 16.3 Å². The fourth-order valence-corrected chi connectivity index (χ4v) is 4.50. The van der Waals surface area contributed by atoms with E-state index in [1.807, 2.05) is 18.0 Å². The molecule has 172 valence electrons. The first-order valence-corrected chi connectivity index (χ1v) is 11.2. The van der Waals surface area contributed by atoms with E-state index in [1.54, 1.807) is 60.9 Å². The van der Waals surface area contributed by atoms with E-state index in [0.717, 1.165) is 11.3 Å². The number of hydrogen-bond donors (Lipinski definition) is 1. The molecular formula is C26H22ClN3O4. The second-order valence-electron chi connectivity index (χ2n) is 8.29. The predicted molar refractivity (Wildman–Crippen MR) is 129 cm³/mol. The van der Waals surface area contributed by atoms with Gasteiger partial charge in [-0.2, -0.15) is 0 Å². The molecule has 1 aromatic heterocycles. The number of halogens is 1. The number of nitrogens with zero attached hydrogens (tertiary/aromatic N) is 3. The van der Waals surface area contributed by atoms with Gasteiger partial charge in [-0.3, -0.25) is 14.6 Å². The summed E-state index contributed by atoms with van der Waals surface area (Å²) in [5, 5.41) is 11.9. The number of pyridine rings is 1. The number of amides is 1. The van der Waals surface area contributed by atoms with Crippen LogP contribution in [-0.2, 0) is 16.1 Å². The number of fused-ring (bicyclic) bond motifs is 1. The van der Waals surface area contributed by atoms with Crippen molar-refractivity contribution < 1.29 is 19.4 Å². The average Bonchev–Trinajstić information content (AvgIpc) is 3.10. The number of aliphatic hydroxyl groups excluding tert-OH is 1. The van der Waals surface area contributed by atoms with Gasteiger partial charge in [-0.05, 0) is 47.5 Å². The van der Waals surface area contributed by atoms with Crippen LogP contribution in [-0.4, -0.2) is 46.9 Å². The lowest BCUT2D eigenvalue weighted by atomic mass is 9.95. The summed E-state index contributed by atoms with van der Waals surface area (Å²) in [7, 11) is 1.94. The standard InChI is InChI=1S/C26H22ClN3O4/c1-29-11-12-34-21-9-6-18(13-20(21)29)24(31)22-23(17-4-7-19(27)8-5-17)30(26(33)25(22)32)15-16-3-2-10-28-14-16/h2-10,13-14,23,31H,11-12,15H2,1H3/b24-22-. The Morgan fingerprint density at radius 2 is 1.97 bits per heavy atom. The molecule has 5 rings (SSSR count). The summed E-state index contributed by atoms with van der Waals surface area (Å²) < 4.78 is 5.69. The average molecular weight is 476 g/mol. The third-order valence-electron chi connectivity index (χ3n) is 6.13. The van der Waals surface area contributed by atoms with Crippen LogP contribution in [0, 0.1) is 0 Å². The smallest absolute Gasteiger partial charge is 0.295 e. The first kappa shape index (κ1) is 22.0. The van der Waals surface area contributed by atoms with E-state index in [9.17, 15) is 14.7 Å². The van der Waals surface area contributed by atoms with E-state index < -0.39 is 17.7 Å². The maximum absolute atomic E-state index is 13.2. The third kappa shape index (κ3) is 3.88. The van der Waals surface area contributed by atoms with E-state index in [0.29, 0.717) is 35.1 Å². The molecule has 1 amide bonds. The number of Topliss-reactive ketones (excluding diaryl/α,β-unsaturated/α-hetero) is 1. The first-order valence-electron chi connectivity index (χ1n) is 10.8. The summed E-state index contributed by atoms with van der Waals surface area (Å²) in [5.74, 6) is -0.933. The lowest BCUT2D eigenvalue weighted by Crippen LogP contribution is -2.29. The van der Waals surface area contributed by atoms with E-state index in [2.05, 4.69) is 4.98 Å². The normalized spacial score (nSPS) is 19.2. The maximum Gasteiger partial charge on any atom is 0.295 e. The summed E-state index contributed by atoms with van der Waals surface area (Å²) in [5.41, 5.74) is 2.73. The van der Waals surface area contributed by atoms with E-state index in [-0.39, 0.29) is 17.9 Å². The molecule has 0 aliphatic carbocycles. The molecule has 1 saturated heterocycles. The molecule has 3 heterocycles. The number of ether oxygens (including phenoxy) is 1. The number of rotatable bonds is 4. The molecule has 1 N–H and O–H groups in total. The SMILES string of the molecule is CN1CCOc2ccc(/C(O)=C3/C(=O)C(=O)N(Cc4cccnc4)C3c3ccc(Cl)cc3)cc21. The lowest BCUT2D eigenvalue weighted by molar-refractivity contribution is -0.140. The Kier molecular flexibility index (Phi) is 5.71. The van der Waals surface area contributed by atoms with Gasteiger partial charge in [0, 0.05) is 36.6 Å². The number of hydrogen-bond acceptors (Lipinski definition) is 6. The first-order chi connectivity index (χ1) is 16.4. The Hall–Kier alpha value is -3.84. The van der Waals surface area contributed by atoms with Gasteiger partial charge in [-0.1, -0.05) is 29.8 Å². The summed E-state index contributed by atoms with van der Waals surface area (Å²) in [6.07, 6.45) is 3.29. The minimum atomic E-state index is -0.775. The second kappa shape index (κ2) is 8.83. The highest BCUT2D eigenvalue weighted by atomic mass is 35.5. The summed E-state index contributed by atoms with van der Waals surface area (Å²) in [4.78, 5) is 34.0. The number of aliphatic hydroxyl groups is 1. The Morgan fingerprint density at radius 3 is 2.71 bits per heavy atom. The number of carbonyl (C=O) groups excluding carboxylic acids is 2. The van der Waals surface area contributed by atoms with Gasteiger partial charge in [0.25, 0.3) is 11.7 Å². The van der Waals surface area contributed by atoms with Gasteiger partial charge >= 0.3 is 0 Å². The number of likely N-dealkylation sites (tertiary alicyclic amines) is 1. The molecule has 0 radical (unpaired) electrons. The van der Waals surface area contributed by atoms with Crippen LogP contribution in [0.4, 0.5) is 5.69 Å². The third-order valence-corrected chi connectivity index (χ3v) is 6.38. The number of anilines is 1. The van der Waals surface area contributed by atoms with Gasteiger partial charge in [0.15, 0.2) is 0 Å². The predicted octanol–water partition coefficient (Wildman–Crippen LogP) is 4.19. The van der Waals surface area contributed by atoms with Crippen molar-refractivity contribution in [2.75, 3.05) is 25.1 Å². The Bertz CT molecular complexity index is 1290.